The first-order valence-electron chi connectivity index (χ1n) is 7.73. The molecule has 0 aliphatic heterocycles. The van der Waals surface area contributed by atoms with E-state index in [4.69, 9.17) is 9.47 Å². The van der Waals surface area contributed by atoms with Crippen LogP contribution in [0.25, 0.3) is 0 Å². The van der Waals surface area contributed by atoms with Crippen LogP contribution in [0.2, 0.25) is 0 Å². The number of halogens is 3. The summed E-state index contributed by atoms with van der Waals surface area (Å²) in [6, 6.07) is 3.71. The summed E-state index contributed by atoms with van der Waals surface area (Å²) in [5.74, 6) is -1.33. The Morgan fingerprint density at radius 2 is 1.88 bits per heavy atom. The predicted molar refractivity (Wildman–Crippen MR) is 85.2 cm³/mol. The summed E-state index contributed by atoms with van der Waals surface area (Å²) in [5, 5.41) is 2.52. The van der Waals surface area contributed by atoms with E-state index >= 15 is 0 Å². The Morgan fingerprint density at radius 3 is 2.36 bits per heavy atom. The van der Waals surface area contributed by atoms with E-state index in [1.807, 2.05) is 0 Å². The number of esters is 1. The molecule has 0 heterocycles. The highest BCUT2D eigenvalue weighted by Crippen LogP contribution is 2.37. The van der Waals surface area contributed by atoms with Crippen LogP contribution in [0, 0.1) is 0 Å². The zero-order chi connectivity index (χ0) is 19.3. The van der Waals surface area contributed by atoms with Gasteiger partial charge >= 0.3 is 12.1 Å². The molecule has 1 rings (SSSR count). The number of nitrogens with one attached hydrogen (secondary N) is 1. The molecule has 0 saturated heterocycles. The van der Waals surface area contributed by atoms with Gasteiger partial charge in [0, 0.05) is 6.92 Å². The van der Waals surface area contributed by atoms with Gasteiger partial charge in [0.1, 0.15) is 11.3 Å². The molecule has 0 fully saturated rings. The maximum Gasteiger partial charge on any atom is 0.419 e. The Balaban J connectivity index is 3.03. The number of methoxy groups -OCH3 is 1. The molecule has 0 radical (unpaired) electrons. The van der Waals surface area contributed by atoms with Crippen LogP contribution in [0.3, 0.4) is 0 Å². The quantitative estimate of drug-likeness (QED) is 0.758. The van der Waals surface area contributed by atoms with Crippen molar-refractivity contribution in [3.63, 3.8) is 0 Å². The third kappa shape index (κ3) is 5.65. The number of amides is 1. The predicted octanol–water partition coefficient (Wildman–Crippen LogP) is 3.10. The summed E-state index contributed by atoms with van der Waals surface area (Å²) in [7, 11) is 1.17. The van der Waals surface area contributed by atoms with E-state index in [2.05, 4.69) is 5.32 Å². The van der Waals surface area contributed by atoms with Gasteiger partial charge in [-0.3, -0.25) is 4.79 Å². The Morgan fingerprint density at radius 1 is 1.24 bits per heavy atom. The number of benzene rings is 1. The van der Waals surface area contributed by atoms with Crippen molar-refractivity contribution >= 4 is 11.9 Å². The van der Waals surface area contributed by atoms with Gasteiger partial charge in [-0.25, -0.2) is 4.79 Å². The lowest BCUT2D eigenvalue weighted by atomic mass is 9.92. The number of alkyl halides is 3. The minimum atomic E-state index is -4.55. The first-order chi connectivity index (χ1) is 11.5. The normalized spacial score (nSPS) is 13.7. The van der Waals surface area contributed by atoms with Crippen molar-refractivity contribution < 1.29 is 32.2 Å². The zero-order valence-electron chi connectivity index (χ0n) is 14.6. The highest BCUT2D eigenvalue weighted by atomic mass is 19.4. The molecule has 25 heavy (non-hydrogen) atoms. The Labute approximate surface area is 144 Å². The van der Waals surface area contributed by atoms with E-state index in [1.54, 1.807) is 6.92 Å². The third-order valence-electron chi connectivity index (χ3n) is 3.66. The van der Waals surface area contributed by atoms with E-state index in [0.717, 1.165) is 6.07 Å². The van der Waals surface area contributed by atoms with E-state index in [1.165, 1.54) is 33.1 Å². The standard InChI is InChI=1S/C17H22F3NO4/c1-5-25-15(23)16(3,21-11(2)22)9-8-12-6-7-14(24-4)13(10-12)17(18,19)20/h6-7,10H,5,8-9H2,1-4H3,(H,21,22)/t16-/m0/s1. The van der Waals surface area contributed by atoms with Gasteiger partial charge in [0.25, 0.3) is 0 Å². The lowest BCUT2D eigenvalue weighted by Crippen LogP contribution is -2.52. The minimum absolute atomic E-state index is 0.0923. The molecule has 0 unspecified atom stereocenters. The number of hydrogen-bond donors (Lipinski definition) is 1. The van der Waals surface area contributed by atoms with Crippen LogP contribution in [0.15, 0.2) is 18.2 Å². The molecule has 1 N–H and O–H groups in total. The zero-order valence-corrected chi connectivity index (χ0v) is 14.6. The van der Waals surface area contributed by atoms with Crippen LogP contribution in [0.5, 0.6) is 5.75 Å². The van der Waals surface area contributed by atoms with Crippen LogP contribution < -0.4 is 10.1 Å². The molecular formula is C17H22F3NO4. The molecule has 0 bridgehead atoms. The van der Waals surface area contributed by atoms with Gasteiger partial charge in [0.05, 0.1) is 19.3 Å². The molecule has 0 saturated carbocycles. The summed E-state index contributed by atoms with van der Waals surface area (Å²) in [5.41, 5.74) is -1.83. The van der Waals surface area contributed by atoms with E-state index in [-0.39, 0.29) is 25.2 Å². The van der Waals surface area contributed by atoms with Gasteiger partial charge in [-0.1, -0.05) is 6.07 Å². The largest absolute Gasteiger partial charge is 0.496 e. The second-order valence-electron chi connectivity index (χ2n) is 5.77. The van der Waals surface area contributed by atoms with Crippen LogP contribution in [-0.4, -0.2) is 31.1 Å². The Kier molecular flexibility index (Phi) is 6.84. The lowest BCUT2D eigenvalue weighted by Gasteiger charge is -2.28. The fourth-order valence-electron chi connectivity index (χ4n) is 2.42. The fourth-order valence-corrected chi connectivity index (χ4v) is 2.42. The number of carbonyl (C=O) groups is 2. The van der Waals surface area contributed by atoms with E-state index in [9.17, 15) is 22.8 Å². The summed E-state index contributed by atoms with van der Waals surface area (Å²) in [6.07, 6.45) is -4.32. The van der Waals surface area contributed by atoms with E-state index in [0.29, 0.717) is 5.56 Å². The van der Waals surface area contributed by atoms with Crippen LogP contribution >= 0.6 is 0 Å². The van der Waals surface area contributed by atoms with Crippen molar-refractivity contribution in [1.82, 2.24) is 5.32 Å². The van der Waals surface area contributed by atoms with Gasteiger partial charge in [-0.15, -0.1) is 0 Å². The first kappa shape index (κ1) is 20.8. The third-order valence-corrected chi connectivity index (χ3v) is 3.66. The van der Waals surface area contributed by atoms with Gasteiger partial charge in [-0.05, 0) is 44.4 Å². The summed E-state index contributed by atoms with van der Waals surface area (Å²) in [4.78, 5) is 23.5. The Bertz CT molecular complexity index is 631. The van der Waals surface area contributed by atoms with E-state index < -0.39 is 29.2 Å². The van der Waals surface area contributed by atoms with Crippen LogP contribution in [-0.2, 0) is 26.9 Å². The molecule has 1 amide bonds. The summed E-state index contributed by atoms with van der Waals surface area (Å²) < 4.78 is 48.9. The van der Waals surface area contributed by atoms with Crippen LogP contribution in [0.4, 0.5) is 13.2 Å². The number of aryl methyl sites for hydroxylation is 1. The SMILES string of the molecule is CCOC(=O)[C@](C)(CCc1ccc(OC)c(C(F)(F)F)c1)NC(C)=O. The molecule has 0 spiro atoms. The molecule has 5 nitrogen and oxygen atoms in total. The van der Waals surface area contributed by atoms with Gasteiger partial charge in [0.2, 0.25) is 5.91 Å². The van der Waals surface area contributed by atoms with Crippen molar-refractivity contribution in [3.05, 3.63) is 29.3 Å². The average Bonchev–Trinajstić information content (AvgIpc) is 2.51. The molecule has 1 atom stereocenters. The maximum absolute atomic E-state index is 13.1. The first-order valence-corrected chi connectivity index (χ1v) is 7.73. The van der Waals surface area contributed by atoms with Crippen LogP contribution in [0.1, 0.15) is 38.3 Å². The minimum Gasteiger partial charge on any atom is -0.496 e. The van der Waals surface area contributed by atoms with Crippen molar-refractivity contribution in [2.24, 2.45) is 0 Å². The summed E-state index contributed by atoms with van der Waals surface area (Å²) >= 11 is 0. The molecule has 0 aromatic heterocycles. The van der Waals surface area contributed by atoms with Crippen molar-refractivity contribution in [2.45, 2.75) is 45.3 Å². The maximum atomic E-state index is 13.1. The second kappa shape index (κ2) is 8.22. The van der Waals surface area contributed by atoms with Crippen molar-refractivity contribution in [3.8, 4) is 5.75 Å². The molecule has 8 heteroatoms. The molecular weight excluding hydrogens is 339 g/mol. The topological polar surface area (TPSA) is 64.6 Å². The van der Waals surface area contributed by atoms with Gasteiger partial charge in [0.15, 0.2) is 0 Å². The number of ether oxygens (including phenoxy) is 2. The fraction of sp³-hybridized carbons (Fsp3) is 0.529. The van der Waals surface area contributed by atoms with Crippen molar-refractivity contribution in [1.29, 1.82) is 0 Å². The smallest absolute Gasteiger partial charge is 0.419 e. The second-order valence-corrected chi connectivity index (χ2v) is 5.77. The Hall–Kier alpha value is -2.25. The highest BCUT2D eigenvalue weighted by Gasteiger charge is 2.37. The molecule has 1 aromatic carbocycles. The number of hydrogen-bond acceptors (Lipinski definition) is 4. The number of rotatable bonds is 7. The monoisotopic (exact) mass is 361 g/mol. The molecule has 1 aromatic rings. The molecule has 0 aliphatic rings. The van der Waals surface area contributed by atoms with Crippen molar-refractivity contribution in [2.75, 3.05) is 13.7 Å². The molecule has 0 aliphatic carbocycles. The number of carbonyl (C=O) groups excluding carboxylic acids is 2. The lowest BCUT2D eigenvalue weighted by molar-refractivity contribution is -0.152. The average molecular weight is 361 g/mol. The summed E-state index contributed by atoms with van der Waals surface area (Å²) in [6.45, 7) is 4.51. The van der Waals surface area contributed by atoms with Gasteiger partial charge < -0.3 is 14.8 Å². The van der Waals surface area contributed by atoms with Gasteiger partial charge in [-0.2, -0.15) is 13.2 Å². The molecule has 140 valence electrons. The highest BCUT2D eigenvalue weighted by molar-refractivity contribution is 5.86.